The first-order valence-corrected chi connectivity index (χ1v) is 11.8. The number of hydrogen-bond donors (Lipinski definition) is 1. The first kappa shape index (κ1) is 21.1. The molecule has 6 rings (SSSR count). The fourth-order valence-electron chi connectivity index (χ4n) is 7.98. The molecule has 0 amide bonds. The first-order valence-electron chi connectivity index (χ1n) is 11.8. The maximum absolute atomic E-state index is 14.3. The number of hydrogen-bond acceptors (Lipinski definition) is 7. The summed E-state index contributed by atoms with van der Waals surface area (Å²) >= 11 is 0. The SMILES string of the molecule is COC(=O)c1c2ccoc3c-2c2c1C(=O)[C@@]1(O)C[C@]4(CC(C)=O)N(C[C@H](CC3)[C@]24C)C[C@@H]1C. The number of nitrogens with zero attached hydrogens (tertiary/aromatic N) is 1. The highest BCUT2D eigenvalue weighted by atomic mass is 16.5. The van der Waals surface area contributed by atoms with Gasteiger partial charge in [-0.05, 0) is 30.9 Å². The van der Waals surface area contributed by atoms with Gasteiger partial charge in [0.05, 0.1) is 18.9 Å². The number of methoxy groups -OCH3 is 1. The summed E-state index contributed by atoms with van der Waals surface area (Å²) in [5, 5.41) is 12.0. The normalized spacial score (nSPS) is 36.7. The minimum atomic E-state index is -1.67. The average Bonchev–Trinajstić information content (AvgIpc) is 3.16. The number of carbonyl (C=O) groups excluding carboxylic acids is 3. The van der Waals surface area contributed by atoms with E-state index in [1.54, 1.807) is 19.3 Å². The molecule has 0 aromatic rings. The summed E-state index contributed by atoms with van der Waals surface area (Å²) < 4.78 is 11.1. The summed E-state index contributed by atoms with van der Waals surface area (Å²) in [6.07, 6.45) is 3.53. The smallest absolute Gasteiger partial charge is 0.339 e. The molecule has 3 heterocycles. The van der Waals surface area contributed by atoms with E-state index in [9.17, 15) is 19.5 Å². The fraction of sp³-hybridized carbons (Fsp3) is 0.577. The highest BCUT2D eigenvalue weighted by Gasteiger charge is 2.72. The molecule has 3 aliphatic carbocycles. The summed E-state index contributed by atoms with van der Waals surface area (Å²) in [4.78, 5) is 42.5. The Morgan fingerprint density at radius 1 is 1.30 bits per heavy atom. The van der Waals surface area contributed by atoms with Crippen LogP contribution in [-0.4, -0.2) is 58.9 Å². The molecule has 2 bridgehead atoms. The van der Waals surface area contributed by atoms with Gasteiger partial charge >= 0.3 is 5.97 Å². The van der Waals surface area contributed by atoms with Crippen LogP contribution in [0.2, 0.25) is 0 Å². The van der Waals surface area contributed by atoms with Crippen molar-refractivity contribution in [3.63, 3.8) is 0 Å². The molecular formula is C26H29NO6. The quantitative estimate of drug-likeness (QED) is 0.717. The van der Waals surface area contributed by atoms with E-state index < -0.39 is 28.3 Å². The summed E-state index contributed by atoms with van der Waals surface area (Å²) in [7, 11) is 1.31. The van der Waals surface area contributed by atoms with E-state index in [1.807, 2.05) is 6.92 Å². The topological polar surface area (TPSA) is 97.0 Å². The zero-order valence-corrected chi connectivity index (χ0v) is 19.5. The zero-order chi connectivity index (χ0) is 23.5. The standard InChI is InChI=1S/C26H29NO6/c1-13-10-27-11-15-5-6-17-18-16(7-8-33-17)19(23(30)32-4)20-21(18)24(15,3)25(27,9-14(2)28)12-26(13,31)22(20)29/h7-8,13,15,31H,5-6,9-12H2,1-4H3/t13-,15-,24+,25-,26+/m0/s1. The van der Waals surface area contributed by atoms with Crippen molar-refractivity contribution in [1.29, 1.82) is 0 Å². The van der Waals surface area contributed by atoms with Crippen LogP contribution in [0.1, 0.15) is 72.1 Å². The van der Waals surface area contributed by atoms with Crippen molar-refractivity contribution < 1.29 is 28.6 Å². The van der Waals surface area contributed by atoms with Gasteiger partial charge in [-0.15, -0.1) is 0 Å². The number of aryl methyl sites for hydroxylation is 1. The van der Waals surface area contributed by atoms with Crippen molar-refractivity contribution >= 4 is 17.5 Å². The van der Waals surface area contributed by atoms with Crippen molar-refractivity contribution in [3.05, 3.63) is 34.8 Å². The Hall–Kier alpha value is -2.51. The van der Waals surface area contributed by atoms with Crippen molar-refractivity contribution in [2.75, 3.05) is 20.2 Å². The molecule has 0 aromatic carbocycles. The van der Waals surface area contributed by atoms with Gasteiger partial charge in [0.1, 0.15) is 17.1 Å². The minimum Gasteiger partial charge on any atom is -0.469 e. The molecule has 5 atom stereocenters. The molecule has 2 fully saturated rings. The van der Waals surface area contributed by atoms with E-state index in [-0.39, 0.29) is 41.6 Å². The lowest BCUT2D eigenvalue weighted by Gasteiger charge is -2.55. The van der Waals surface area contributed by atoms with E-state index >= 15 is 0 Å². The largest absolute Gasteiger partial charge is 0.469 e. The van der Waals surface area contributed by atoms with Crippen LogP contribution in [0.3, 0.4) is 0 Å². The van der Waals surface area contributed by atoms with E-state index in [0.717, 1.165) is 29.9 Å². The molecule has 0 aromatic heterocycles. The van der Waals surface area contributed by atoms with Crippen LogP contribution in [0.25, 0.3) is 11.1 Å². The lowest BCUT2D eigenvalue weighted by molar-refractivity contribution is -0.129. The number of ether oxygens (including phenoxy) is 1. The Labute approximate surface area is 192 Å². The number of rotatable bonds is 3. The zero-order valence-electron chi connectivity index (χ0n) is 19.5. The molecule has 7 heteroatoms. The number of aliphatic hydroxyl groups is 1. The molecule has 2 saturated heterocycles. The number of piperidine rings is 1. The lowest BCUT2D eigenvalue weighted by atomic mass is 9.57. The Morgan fingerprint density at radius 3 is 2.76 bits per heavy atom. The average molecular weight is 452 g/mol. The highest BCUT2D eigenvalue weighted by Crippen LogP contribution is 2.66. The second kappa shape index (κ2) is 6.33. The lowest BCUT2D eigenvalue weighted by Crippen LogP contribution is -2.67. The van der Waals surface area contributed by atoms with E-state index in [2.05, 4.69) is 11.8 Å². The maximum atomic E-state index is 14.3. The van der Waals surface area contributed by atoms with E-state index in [4.69, 9.17) is 9.15 Å². The van der Waals surface area contributed by atoms with Crippen LogP contribution in [0, 0.1) is 11.8 Å². The van der Waals surface area contributed by atoms with Gasteiger partial charge in [0, 0.05) is 65.9 Å². The molecule has 33 heavy (non-hydrogen) atoms. The van der Waals surface area contributed by atoms with E-state index in [0.29, 0.717) is 18.5 Å². The van der Waals surface area contributed by atoms with Crippen molar-refractivity contribution in [2.45, 2.75) is 63.0 Å². The molecule has 174 valence electrons. The summed E-state index contributed by atoms with van der Waals surface area (Å²) in [6.45, 7) is 6.95. The number of esters is 1. The van der Waals surface area contributed by atoms with Gasteiger partial charge in [-0.1, -0.05) is 13.8 Å². The van der Waals surface area contributed by atoms with Gasteiger partial charge in [-0.3, -0.25) is 14.5 Å². The number of fused-ring (bicyclic) bond motifs is 1. The number of ketones is 2. The molecule has 6 aliphatic rings. The molecule has 7 nitrogen and oxygen atoms in total. The highest BCUT2D eigenvalue weighted by molar-refractivity contribution is 6.18. The Morgan fingerprint density at radius 2 is 2.06 bits per heavy atom. The third-order valence-electron chi connectivity index (χ3n) is 9.50. The summed E-state index contributed by atoms with van der Waals surface area (Å²) in [5.41, 5.74) is -0.293. The van der Waals surface area contributed by atoms with Crippen LogP contribution < -0.4 is 0 Å². The van der Waals surface area contributed by atoms with Crippen LogP contribution in [0.4, 0.5) is 0 Å². The Balaban J connectivity index is 1.82. The third kappa shape index (κ3) is 2.21. The van der Waals surface area contributed by atoms with E-state index in [1.165, 1.54) is 7.11 Å². The van der Waals surface area contributed by atoms with Gasteiger partial charge < -0.3 is 14.3 Å². The Bertz CT molecular complexity index is 1210. The van der Waals surface area contributed by atoms with Crippen LogP contribution in [0.5, 0.6) is 0 Å². The van der Waals surface area contributed by atoms with Crippen molar-refractivity contribution in [3.8, 4) is 11.1 Å². The molecule has 0 unspecified atom stereocenters. The van der Waals surface area contributed by atoms with Gasteiger partial charge in [0.15, 0.2) is 5.78 Å². The summed E-state index contributed by atoms with van der Waals surface area (Å²) in [5.74, 6) is -0.416. The predicted octanol–water partition coefficient (Wildman–Crippen LogP) is 2.99. The van der Waals surface area contributed by atoms with Gasteiger partial charge in [-0.25, -0.2) is 4.79 Å². The molecular weight excluding hydrogens is 422 g/mol. The van der Waals surface area contributed by atoms with Gasteiger partial charge in [0.2, 0.25) is 0 Å². The molecule has 3 aliphatic heterocycles. The fourth-order valence-corrected chi connectivity index (χ4v) is 7.98. The first-order chi connectivity index (χ1) is 15.6. The second-order valence-electron chi connectivity index (χ2n) is 10.8. The van der Waals surface area contributed by atoms with Crippen molar-refractivity contribution in [2.24, 2.45) is 11.8 Å². The van der Waals surface area contributed by atoms with Gasteiger partial charge in [0.25, 0.3) is 0 Å². The maximum Gasteiger partial charge on any atom is 0.339 e. The van der Waals surface area contributed by atoms with Gasteiger partial charge in [-0.2, -0.15) is 0 Å². The predicted molar refractivity (Wildman–Crippen MR) is 118 cm³/mol. The minimum absolute atomic E-state index is 0.0351. The number of Topliss-reactive ketones (excluding diaryl/α,β-unsaturated/α-hetero) is 2. The molecule has 0 spiro atoms. The Kier molecular flexibility index (Phi) is 4.04. The molecule has 0 saturated carbocycles. The van der Waals surface area contributed by atoms with Crippen molar-refractivity contribution in [1.82, 2.24) is 4.90 Å². The van der Waals surface area contributed by atoms with Crippen LogP contribution in [-0.2, 0) is 21.4 Å². The summed E-state index contributed by atoms with van der Waals surface area (Å²) in [6, 6.07) is 1.73. The molecule has 1 N–H and O–H groups in total. The number of carbonyl (C=O) groups is 3. The molecule has 0 radical (unpaired) electrons. The van der Waals surface area contributed by atoms with Crippen LogP contribution >= 0.6 is 0 Å². The monoisotopic (exact) mass is 451 g/mol. The second-order valence-corrected chi connectivity index (χ2v) is 10.8. The third-order valence-corrected chi connectivity index (χ3v) is 9.50. The van der Waals surface area contributed by atoms with Crippen LogP contribution in [0.15, 0.2) is 16.7 Å².